The first-order valence-corrected chi connectivity index (χ1v) is 6.56. The molecular weight excluding hydrogens is 280 g/mol. The van der Waals surface area contributed by atoms with Gasteiger partial charge >= 0.3 is 0 Å². The van der Waals surface area contributed by atoms with Crippen LogP contribution in [0.25, 0.3) is 0 Å². The first-order chi connectivity index (χ1) is 8.71. The number of oxime groups is 1. The van der Waals surface area contributed by atoms with E-state index in [9.17, 15) is 17.2 Å². The van der Waals surface area contributed by atoms with Gasteiger partial charge in [-0.3, -0.25) is 0 Å². The predicted molar refractivity (Wildman–Crippen MR) is 64.2 cm³/mol. The highest BCUT2D eigenvalue weighted by atomic mass is 32.2. The summed E-state index contributed by atoms with van der Waals surface area (Å²) in [5.41, 5.74) is 5.29. The van der Waals surface area contributed by atoms with E-state index in [-0.39, 0.29) is 5.84 Å². The summed E-state index contributed by atoms with van der Waals surface area (Å²) in [5, 5.41) is 11.2. The lowest BCUT2D eigenvalue weighted by atomic mass is 10.3. The van der Waals surface area contributed by atoms with E-state index < -0.39 is 32.6 Å². The van der Waals surface area contributed by atoms with Crippen LogP contribution in [0.3, 0.4) is 0 Å². The largest absolute Gasteiger partial charge is 0.409 e. The maximum Gasteiger partial charge on any atom is 0.246 e. The molecule has 1 aromatic rings. The van der Waals surface area contributed by atoms with Gasteiger partial charge in [0.05, 0.1) is 6.04 Å². The molecule has 0 fully saturated rings. The van der Waals surface area contributed by atoms with Crippen molar-refractivity contribution in [3.05, 3.63) is 29.8 Å². The first kappa shape index (κ1) is 15.3. The maximum absolute atomic E-state index is 13.5. The average molecular weight is 293 g/mol. The molecular formula is C10H13F2N3O3S. The van der Waals surface area contributed by atoms with Crippen LogP contribution in [0.5, 0.6) is 0 Å². The van der Waals surface area contributed by atoms with Crippen LogP contribution in [0.2, 0.25) is 0 Å². The topological polar surface area (TPSA) is 96.0 Å². The fourth-order valence-corrected chi connectivity index (χ4v) is 2.70. The zero-order valence-corrected chi connectivity index (χ0v) is 11.0. The Hall–Kier alpha value is -1.74. The molecule has 0 heterocycles. The molecule has 19 heavy (non-hydrogen) atoms. The molecule has 9 heteroatoms. The number of nitrogens with two attached hydrogens (primary N) is 1. The van der Waals surface area contributed by atoms with Crippen LogP contribution in [0.15, 0.2) is 28.3 Å². The highest BCUT2D eigenvalue weighted by Crippen LogP contribution is 2.20. The second-order valence-corrected chi connectivity index (χ2v) is 5.76. The van der Waals surface area contributed by atoms with Crippen LogP contribution in [-0.4, -0.2) is 36.9 Å². The van der Waals surface area contributed by atoms with E-state index in [0.29, 0.717) is 6.07 Å². The molecule has 0 saturated carbocycles. The molecule has 0 saturated heterocycles. The predicted octanol–water partition coefficient (Wildman–Crippen LogP) is 0.720. The molecule has 0 aliphatic rings. The fourth-order valence-electron chi connectivity index (χ4n) is 1.32. The Kier molecular flexibility index (Phi) is 4.43. The molecule has 0 radical (unpaired) electrons. The molecule has 0 aliphatic carbocycles. The SMILES string of the molecule is CC(C(N)=NO)N(C)S(=O)(=O)c1ccc(F)cc1F. The molecule has 6 nitrogen and oxygen atoms in total. The Labute approximate surface area is 109 Å². The third kappa shape index (κ3) is 2.99. The number of halogens is 2. The summed E-state index contributed by atoms with van der Waals surface area (Å²) in [7, 11) is -3.08. The van der Waals surface area contributed by atoms with E-state index in [1.54, 1.807) is 0 Å². The van der Waals surface area contributed by atoms with Gasteiger partial charge in [0, 0.05) is 13.1 Å². The smallest absolute Gasteiger partial charge is 0.246 e. The number of rotatable bonds is 4. The van der Waals surface area contributed by atoms with Crippen molar-refractivity contribution in [2.24, 2.45) is 10.9 Å². The van der Waals surface area contributed by atoms with Crippen molar-refractivity contribution in [2.75, 3.05) is 7.05 Å². The minimum absolute atomic E-state index is 0.353. The average Bonchev–Trinajstić information content (AvgIpc) is 2.35. The van der Waals surface area contributed by atoms with E-state index >= 15 is 0 Å². The lowest BCUT2D eigenvalue weighted by molar-refractivity contribution is 0.311. The van der Waals surface area contributed by atoms with Gasteiger partial charge in [0.15, 0.2) is 5.84 Å². The third-order valence-electron chi connectivity index (χ3n) is 2.64. The number of sulfonamides is 1. The molecule has 1 rings (SSSR count). The Morgan fingerprint density at radius 3 is 2.53 bits per heavy atom. The summed E-state index contributed by atoms with van der Waals surface area (Å²) in [4.78, 5) is -0.686. The van der Waals surface area contributed by atoms with Gasteiger partial charge in [-0.1, -0.05) is 5.16 Å². The summed E-state index contributed by atoms with van der Waals surface area (Å²) in [5.74, 6) is -2.45. The van der Waals surface area contributed by atoms with Crippen molar-refractivity contribution in [3.8, 4) is 0 Å². The molecule has 3 N–H and O–H groups in total. The molecule has 106 valence electrons. The minimum Gasteiger partial charge on any atom is -0.409 e. The zero-order valence-electron chi connectivity index (χ0n) is 10.2. The summed E-state index contributed by atoms with van der Waals surface area (Å²) >= 11 is 0. The Bertz CT molecular complexity index is 604. The number of benzene rings is 1. The van der Waals surface area contributed by atoms with Crippen LogP contribution < -0.4 is 5.73 Å². The van der Waals surface area contributed by atoms with E-state index in [1.807, 2.05) is 0 Å². The number of likely N-dealkylation sites (N-methyl/N-ethyl adjacent to an activating group) is 1. The van der Waals surface area contributed by atoms with Crippen LogP contribution in [0.4, 0.5) is 8.78 Å². The van der Waals surface area contributed by atoms with Gasteiger partial charge in [0.2, 0.25) is 10.0 Å². The fraction of sp³-hybridized carbons (Fsp3) is 0.300. The standard InChI is InChI=1S/C10H13F2N3O3S/c1-6(10(13)14-16)15(2)19(17,18)9-4-3-7(11)5-8(9)12/h3-6,16H,1-2H3,(H2,13,14). The molecule has 1 unspecified atom stereocenters. The van der Waals surface area contributed by atoms with Crippen LogP contribution in [-0.2, 0) is 10.0 Å². The molecule has 1 atom stereocenters. The van der Waals surface area contributed by atoms with E-state index in [2.05, 4.69) is 5.16 Å². The van der Waals surface area contributed by atoms with Crippen LogP contribution in [0, 0.1) is 11.6 Å². The molecule has 0 spiro atoms. The van der Waals surface area contributed by atoms with E-state index in [0.717, 1.165) is 23.5 Å². The van der Waals surface area contributed by atoms with Crippen molar-refractivity contribution in [2.45, 2.75) is 17.9 Å². The summed E-state index contributed by atoms with van der Waals surface area (Å²) in [6.45, 7) is 1.36. The lowest BCUT2D eigenvalue weighted by Crippen LogP contribution is -2.43. The van der Waals surface area contributed by atoms with Crippen molar-refractivity contribution in [1.29, 1.82) is 0 Å². The molecule has 0 aromatic heterocycles. The van der Waals surface area contributed by atoms with Crippen molar-refractivity contribution >= 4 is 15.9 Å². The van der Waals surface area contributed by atoms with Gasteiger partial charge in [-0.25, -0.2) is 17.2 Å². The molecule has 0 bridgehead atoms. The van der Waals surface area contributed by atoms with Crippen molar-refractivity contribution < 1.29 is 22.4 Å². The number of hydrogen-bond donors (Lipinski definition) is 2. The van der Waals surface area contributed by atoms with E-state index in [4.69, 9.17) is 10.9 Å². The molecule has 0 aliphatic heterocycles. The third-order valence-corrected chi connectivity index (χ3v) is 4.60. The highest BCUT2D eigenvalue weighted by molar-refractivity contribution is 7.89. The van der Waals surface area contributed by atoms with Crippen LogP contribution in [0.1, 0.15) is 6.92 Å². The van der Waals surface area contributed by atoms with Crippen LogP contribution >= 0.6 is 0 Å². The number of amidine groups is 1. The second-order valence-electron chi connectivity index (χ2n) is 3.80. The molecule has 0 amide bonds. The quantitative estimate of drug-likeness (QED) is 0.370. The summed E-state index contributed by atoms with van der Waals surface area (Å²) in [6, 6.07) is 1.13. The van der Waals surface area contributed by atoms with Gasteiger partial charge < -0.3 is 10.9 Å². The normalized spacial score (nSPS) is 14.7. The zero-order chi connectivity index (χ0) is 14.8. The van der Waals surface area contributed by atoms with Crippen molar-refractivity contribution in [3.63, 3.8) is 0 Å². The van der Waals surface area contributed by atoms with Gasteiger partial charge in [-0.15, -0.1) is 0 Å². The number of hydrogen-bond acceptors (Lipinski definition) is 4. The Morgan fingerprint density at radius 1 is 1.47 bits per heavy atom. The summed E-state index contributed by atoms with van der Waals surface area (Å²) < 4.78 is 51.2. The Morgan fingerprint density at radius 2 is 2.05 bits per heavy atom. The first-order valence-electron chi connectivity index (χ1n) is 5.12. The van der Waals surface area contributed by atoms with Crippen molar-refractivity contribution in [1.82, 2.24) is 4.31 Å². The molecule has 1 aromatic carbocycles. The van der Waals surface area contributed by atoms with Gasteiger partial charge in [0.1, 0.15) is 16.5 Å². The highest BCUT2D eigenvalue weighted by Gasteiger charge is 2.30. The Balaban J connectivity index is 3.24. The monoisotopic (exact) mass is 293 g/mol. The minimum atomic E-state index is -4.22. The van der Waals surface area contributed by atoms with Gasteiger partial charge in [-0.2, -0.15) is 4.31 Å². The van der Waals surface area contributed by atoms with Gasteiger partial charge in [-0.05, 0) is 19.1 Å². The maximum atomic E-state index is 13.5. The van der Waals surface area contributed by atoms with Gasteiger partial charge in [0.25, 0.3) is 0 Å². The lowest BCUT2D eigenvalue weighted by Gasteiger charge is -2.23. The number of nitrogens with zero attached hydrogens (tertiary/aromatic N) is 2. The second kappa shape index (κ2) is 5.49. The van der Waals surface area contributed by atoms with E-state index in [1.165, 1.54) is 6.92 Å². The summed E-state index contributed by atoms with van der Waals surface area (Å²) in [6.07, 6.45) is 0.